The highest BCUT2D eigenvalue weighted by molar-refractivity contribution is 9.10. The van der Waals surface area contributed by atoms with Crippen LogP contribution in [-0.2, 0) is 21.4 Å². The van der Waals surface area contributed by atoms with E-state index in [1.54, 1.807) is 48.5 Å². The van der Waals surface area contributed by atoms with E-state index in [2.05, 4.69) is 26.5 Å². The maximum absolute atomic E-state index is 13.5. The molecule has 0 aliphatic carbocycles. The van der Waals surface area contributed by atoms with Crippen LogP contribution in [0.2, 0.25) is 20.1 Å². The number of ether oxygens (including phenoxy) is 2. The van der Waals surface area contributed by atoms with Crippen molar-refractivity contribution < 1.29 is 22.7 Å². The van der Waals surface area contributed by atoms with Crippen LogP contribution < -0.4 is 19.2 Å². The highest BCUT2D eigenvalue weighted by Crippen LogP contribution is 2.37. The normalized spacial score (nSPS) is 11.4. The summed E-state index contributed by atoms with van der Waals surface area (Å²) in [6.07, 6.45) is 1.38. The van der Waals surface area contributed by atoms with Crippen LogP contribution in [0.3, 0.4) is 0 Å². The zero-order valence-corrected chi connectivity index (χ0v) is 27.7. The van der Waals surface area contributed by atoms with Crippen LogP contribution in [0.5, 0.6) is 11.5 Å². The first-order valence-corrected chi connectivity index (χ1v) is 16.0. The predicted molar refractivity (Wildman–Crippen MR) is 175 cm³/mol. The molecular formula is C29H22BrCl4N3O5S. The van der Waals surface area contributed by atoms with Gasteiger partial charge in [-0.05, 0) is 81.7 Å². The molecule has 0 atom stereocenters. The number of methoxy groups -OCH3 is 1. The topological polar surface area (TPSA) is 97.3 Å². The number of halogens is 5. The van der Waals surface area contributed by atoms with Crippen molar-refractivity contribution in [2.24, 2.45) is 5.10 Å². The lowest BCUT2D eigenvalue weighted by atomic mass is 10.2. The lowest BCUT2D eigenvalue weighted by Crippen LogP contribution is -2.39. The zero-order chi connectivity index (χ0) is 31.1. The molecule has 0 fully saturated rings. The van der Waals surface area contributed by atoms with Gasteiger partial charge in [0.1, 0.15) is 13.2 Å². The fraction of sp³-hybridized carbons (Fsp3) is 0.103. The third-order valence-electron chi connectivity index (χ3n) is 5.78. The molecule has 1 N–H and O–H groups in total. The average Bonchev–Trinajstić information content (AvgIpc) is 2.96. The van der Waals surface area contributed by atoms with E-state index in [4.69, 9.17) is 55.9 Å². The first kappa shape index (κ1) is 32.9. The summed E-state index contributed by atoms with van der Waals surface area (Å²) in [7, 11) is -2.67. The number of hydrazone groups is 1. The predicted octanol–water partition coefficient (Wildman–Crippen LogP) is 8.00. The van der Waals surface area contributed by atoms with E-state index in [9.17, 15) is 13.2 Å². The molecule has 0 aliphatic rings. The summed E-state index contributed by atoms with van der Waals surface area (Å²) in [6.45, 7) is -0.394. The summed E-state index contributed by atoms with van der Waals surface area (Å²) in [6, 6.07) is 20.5. The highest BCUT2D eigenvalue weighted by Gasteiger charge is 2.27. The number of sulfonamides is 1. The summed E-state index contributed by atoms with van der Waals surface area (Å²) >= 11 is 27.8. The first-order chi connectivity index (χ1) is 20.5. The maximum Gasteiger partial charge on any atom is 0.264 e. The standard InChI is InChI=1S/C29H22BrCl4N3O5S/c1-41-27-11-19(9-24(30)29(27)42-17-18-7-8-25(33)26(34)10-18)15-35-36-28(38)16-37(22-13-20(31)12-21(32)14-22)43(39,40)23-5-3-2-4-6-23/h2-15H,16-17H2,1H3,(H,36,38)/b35-15-. The van der Waals surface area contributed by atoms with Crippen LogP contribution in [0.25, 0.3) is 0 Å². The monoisotopic (exact) mass is 743 g/mol. The zero-order valence-electron chi connectivity index (χ0n) is 22.2. The number of hydrogen-bond acceptors (Lipinski definition) is 6. The second-order valence-corrected chi connectivity index (χ2v) is 13.2. The SMILES string of the molecule is COc1cc(/C=N\NC(=O)CN(c2cc(Cl)cc(Cl)c2)S(=O)(=O)c2ccccc2)cc(Br)c1OCc1ccc(Cl)c(Cl)c1. The van der Waals surface area contributed by atoms with E-state index in [0.29, 0.717) is 31.6 Å². The molecule has 0 unspecified atom stereocenters. The Hall–Kier alpha value is -2.99. The molecule has 4 aromatic rings. The van der Waals surface area contributed by atoms with Gasteiger partial charge in [-0.2, -0.15) is 5.10 Å². The molecule has 14 heteroatoms. The van der Waals surface area contributed by atoms with Crippen LogP contribution in [0.1, 0.15) is 11.1 Å². The second kappa shape index (κ2) is 14.7. The largest absolute Gasteiger partial charge is 0.493 e. The molecule has 1 amide bonds. The third-order valence-corrected chi connectivity index (χ3v) is 9.33. The van der Waals surface area contributed by atoms with Crippen molar-refractivity contribution in [3.8, 4) is 11.5 Å². The van der Waals surface area contributed by atoms with Gasteiger partial charge in [0.15, 0.2) is 11.5 Å². The van der Waals surface area contributed by atoms with Crippen LogP contribution in [0.15, 0.2) is 93.3 Å². The van der Waals surface area contributed by atoms with Gasteiger partial charge in [0.2, 0.25) is 0 Å². The lowest BCUT2D eigenvalue weighted by Gasteiger charge is -2.24. The van der Waals surface area contributed by atoms with Crippen molar-refractivity contribution >= 4 is 90.2 Å². The van der Waals surface area contributed by atoms with Crippen LogP contribution >= 0.6 is 62.3 Å². The molecule has 0 saturated heterocycles. The minimum atomic E-state index is -4.16. The Bertz CT molecular complexity index is 1760. The Balaban J connectivity index is 1.50. The van der Waals surface area contributed by atoms with E-state index in [1.807, 2.05) is 0 Å². The quantitative estimate of drug-likeness (QED) is 0.124. The van der Waals surface area contributed by atoms with Crippen molar-refractivity contribution in [3.05, 3.63) is 115 Å². The van der Waals surface area contributed by atoms with Gasteiger partial charge >= 0.3 is 0 Å². The number of carbonyl (C=O) groups excluding carboxylic acids is 1. The average molecular weight is 746 g/mol. The van der Waals surface area contributed by atoms with Gasteiger partial charge in [-0.1, -0.05) is 70.7 Å². The van der Waals surface area contributed by atoms with Gasteiger partial charge in [0.25, 0.3) is 15.9 Å². The summed E-state index contributed by atoms with van der Waals surface area (Å²) in [4.78, 5) is 12.9. The number of hydrogen-bond donors (Lipinski definition) is 1. The molecule has 0 heterocycles. The number of nitrogens with zero attached hydrogens (tertiary/aromatic N) is 2. The molecule has 0 saturated carbocycles. The van der Waals surface area contributed by atoms with E-state index in [0.717, 1.165) is 9.87 Å². The summed E-state index contributed by atoms with van der Waals surface area (Å²) in [5, 5.41) is 5.27. The van der Waals surface area contributed by atoms with E-state index in [-0.39, 0.29) is 27.2 Å². The molecule has 0 aliphatic heterocycles. The molecule has 0 spiro atoms. The molecule has 0 radical (unpaired) electrons. The van der Waals surface area contributed by atoms with E-state index in [1.165, 1.54) is 43.7 Å². The number of rotatable bonds is 11. The Kier molecular flexibility index (Phi) is 11.2. The summed E-state index contributed by atoms with van der Waals surface area (Å²) < 4.78 is 39.9. The first-order valence-electron chi connectivity index (χ1n) is 12.3. The van der Waals surface area contributed by atoms with Gasteiger partial charge < -0.3 is 9.47 Å². The van der Waals surface area contributed by atoms with E-state index >= 15 is 0 Å². The van der Waals surface area contributed by atoms with Gasteiger partial charge in [0, 0.05) is 10.0 Å². The molecule has 43 heavy (non-hydrogen) atoms. The Morgan fingerprint density at radius 3 is 2.30 bits per heavy atom. The molecule has 224 valence electrons. The fourth-order valence-electron chi connectivity index (χ4n) is 3.80. The van der Waals surface area contributed by atoms with Gasteiger partial charge in [-0.3, -0.25) is 9.10 Å². The minimum absolute atomic E-state index is 0.0131. The van der Waals surface area contributed by atoms with Crippen molar-refractivity contribution in [2.75, 3.05) is 18.0 Å². The van der Waals surface area contributed by atoms with E-state index < -0.39 is 22.5 Å². The Morgan fingerprint density at radius 1 is 0.953 bits per heavy atom. The number of amides is 1. The maximum atomic E-state index is 13.5. The van der Waals surface area contributed by atoms with Crippen molar-refractivity contribution in [2.45, 2.75) is 11.5 Å². The Labute approximate surface area is 277 Å². The van der Waals surface area contributed by atoms with Crippen molar-refractivity contribution in [1.82, 2.24) is 5.43 Å². The highest BCUT2D eigenvalue weighted by atomic mass is 79.9. The molecular weight excluding hydrogens is 724 g/mol. The molecule has 4 aromatic carbocycles. The number of nitrogens with one attached hydrogen (secondary N) is 1. The minimum Gasteiger partial charge on any atom is -0.493 e. The number of anilines is 1. The Morgan fingerprint density at radius 2 is 1.65 bits per heavy atom. The van der Waals surface area contributed by atoms with Crippen LogP contribution in [0, 0.1) is 0 Å². The van der Waals surface area contributed by atoms with Crippen molar-refractivity contribution in [3.63, 3.8) is 0 Å². The molecule has 8 nitrogen and oxygen atoms in total. The lowest BCUT2D eigenvalue weighted by molar-refractivity contribution is -0.119. The summed E-state index contributed by atoms with van der Waals surface area (Å²) in [5.41, 5.74) is 3.84. The van der Waals surface area contributed by atoms with Crippen LogP contribution in [0.4, 0.5) is 5.69 Å². The second-order valence-electron chi connectivity index (χ2n) is 8.82. The van der Waals surface area contributed by atoms with Crippen LogP contribution in [-0.4, -0.2) is 34.2 Å². The molecule has 0 aromatic heterocycles. The van der Waals surface area contributed by atoms with Crippen molar-refractivity contribution in [1.29, 1.82) is 0 Å². The summed E-state index contributed by atoms with van der Waals surface area (Å²) in [5.74, 6) is 0.136. The number of carbonyl (C=O) groups is 1. The van der Waals surface area contributed by atoms with Gasteiger partial charge in [-0.25, -0.2) is 13.8 Å². The smallest absolute Gasteiger partial charge is 0.264 e. The van der Waals surface area contributed by atoms with Gasteiger partial charge in [0.05, 0.1) is 38.4 Å². The third kappa shape index (κ3) is 8.56. The molecule has 0 bridgehead atoms. The van der Waals surface area contributed by atoms with Gasteiger partial charge in [-0.15, -0.1) is 0 Å². The molecule has 4 rings (SSSR count). The number of benzene rings is 4. The fourth-order valence-corrected chi connectivity index (χ4v) is 6.64.